The molecule has 1 aromatic heterocycles. The van der Waals surface area contributed by atoms with Crippen LogP contribution in [0.3, 0.4) is 0 Å². The van der Waals surface area contributed by atoms with E-state index in [1.807, 2.05) is 36.4 Å². The normalized spacial score (nSPS) is 10.9. The first-order chi connectivity index (χ1) is 9.81. The Labute approximate surface area is 124 Å². The first-order valence-electron chi connectivity index (χ1n) is 6.96. The van der Waals surface area contributed by atoms with Gasteiger partial charge in [-0.25, -0.2) is 0 Å². The van der Waals surface area contributed by atoms with E-state index in [2.05, 4.69) is 5.32 Å². The van der Waals surface area contributed by atoms with E-state index in [1.54, 1.807) is 0 Å². The number of hydrogen-bond acceptors (Lipinski definition) is 3. The second-order valence-electron chi connectivity index (χ2n) is 4.71. The van der Waals surface area contributed by atoms with E-state index in [0.29, 0.717) is 11.6 Å². The van der Waals surface area contributed by atoms with Crippen LogP contribution >= 0.6 is 11.6 Å². The van der Waals surface area contributed by atoms with Gasteiger partial charge in [0.1, 0.15) is 11.5 Å². The van der Waals surface area contributed by atoms with Crippen molar-refractivity contribution in [1.29, 1.82) is 0 Å². The van der Waals surface area contributed by atoms with Crippen LogP contribution in [0.1, 0.15) is 25.0 Å². The highest BCUT2D eigenvalue weighted by molar-refractivity contribution is 6.33. The predicted molar refractivity (Wildman–Crippen MR) is 81.8 cm³/mol. The van der Waals surface area contributed by atoms with Crippen LogP contribution in [0, 0.1) is 0 Å². The average Bonchev–Trinajstić information content (AvgIpc) is 2.92. The molecule has 3 nitrogen and oxygen atoms in total. The lowest BCUT2D eigenvalue weighted by Crippen LogP contribution is -2.14. The minimum absolute atomic E-state index is 0.277. The minimum Gasteiger partial charge on any atom is -0.460 e. The molecule has 1 aromatic carbocycles. The average molecular weight is 294 g/mol. The number of benzene rings is 1. The van der Waals surface area contributed by atoms with Gasteiger partial charge >= 0.3 is 0 Å². The molecular weight excluding hydrogens is 274 g/mol. The topological polar surface area (TPSA) is 45.4 Å². The highest BCUT2D eigenvalue weighted by Gasteiger charge is 2.07. The Balaban J connectivity index is 1.82. The third-order valence-electron chi connectivity index (χ3n) is 3.11. The Bertz CT molecular complexity index is 525. The Morgan fingerprint density at radius 3 is 2.70 bits per heavy atom. The van der Waals surface area contributed by atoms with E-state index in [-0.39, 0.29) is 6.61 Å². The molecule has 108 valence electrons. The van der Waals surface area contributed by atoms with Crippen molar-refractivity contribution in [2.45, 2.75) is 25.8 Å². The standard InChI is InChI=1S/C16H20ClNO2/c17-15-7-3-2-6-14(15)16-9-8-13(20-16)12-18-10-4-1-5-11-19/h2-3,6-9,18-19H,1,4-5,10-12H2. The van der Waals surface area contributed by atoms with Gasteiger partial charge in [-0.15, -0.1) is 0 Å². The Hall–Kier alpha value is -1.29. The van der Waals surface area contributed by atoms with Crippen LogP contribution in [0.5, 0.6) is 0 Å². The van der Waals surface area contributed by atoms with Crippen molar-refractivity contribution in [3.63, 3.8) is 0 Å². The van der Waals surface area contributed by atoms with Gasteiger partial charge in [-0.05, 0) is 50.1 Å². The molecule has 2 aromatic rings. The first kappa shape index (κ1) is 15.1. The second kappa shape index (κ2) is 8.10. The molecule has 0 spiro atoms. The number of aliphatic hydroxyl groups excluding tert-OH is 1. The van der Waals surface area contributed by atoms with Crippen LogP contribution in [0.2, 0.25) is 5.02 Å². The van der Waals surface area contributed by atoms with Gasteiger partial charge in [-0.1, -0.05) is 23.7 Å². The Morgan fingerprint density at radius 2 is 1.90 bits per heavy atom. The zero-order valence-electron chi connectivity index (χ0n) is 11.4. The maximum atomic E-state index is 8.69. The number of aliphatic hydroxyl groups is 1. The monoisotopic (exact) mass is 293 g/mol. The number of furan rings is 1. The van der Waals surface area contributed by atoms with Crippen LogP contribution in [0.15, 0.2) is 40.8 Å². The van der Waals surface area contributed by atoms with Crippen LogP contribution in [0.4, 0.5) is 0 Å². The molecule has 0 aliphatic rings. The van der Waals surface area contributed by atoms with E-state index < -0.39 is 0 Å². The van der Waals surface area contributed by atoms with Gasteiger partial charge in [0, 0.05) is 12.2 Å². The predicted octanol–water partition coefficient (Wildman–Crippen LogP) is 3.85. The number of unbranched alkanes of at least 4 members (excludes halogenated alkanes) is 2. The van der Waals surface area contributed by atoms with Gasteiger partial charge in [0.05, 0.1) is 11.6 Å². The van der Waals surface area contributed by atoms with Crippen molar-refractivity contribution >= 4 is 11.6 Å². The summed E-state index contributed by atoms with van der Waals surface area (Å²) in [6.45, 7) is 1.92. The van der Waals surface area contributed by atoms with Gasteiger partial charge in [0.25, 0.3) is 0 Å². The first-order valence-corrected chi connectivity index (χ1v) is 7.34. The lowest BCUT2D eigenvalue weighted by Gasteiger charge is -2.03. The lowest BCUT2D eigenvalue weighted by molar-refractivity contribution is 0.282. The van der Waals surface area contributed by atoms with E-state index >= 15 is 0 Å². The van der Waals surface area contributed by atoms with Gasteiger partial charge in [-0.2, -0.15) is 0 Å². The second-order valence-corrected chi connectivity index (χ2v) is 5.11. The van der Waals surface area contributed by atoms with Crippen LogP contribution in [0.25, 0.3) is 11.3 Å². The molecular formula is C16H20ClNO2. The van der Waals surface area contributed by atoms with Gasteiger partial charge in [0.2, 0.25) is 0 Å². The molecule has 2 N–H and O–H groups in total. The molecule has 0 radical (unpaired) electrons. The summed E-state index contributed by atoms with van der Waals surface area (Å²) in [5, 5.41) is 12.7. The molecule has 0 aliphatic carbocycles. The Morgan fingerprint density at radius 1 is 1.05 bits per heavy atom. The number of hydrogen-bond donors (Lipinski definition) is 2. The molecule has 4 heteroatoms. The third kappa shape index (κ3) is 4.37. The summed E-state index contributed by atoms with van der Waals surface area (Å²) in [6, 6.07) is 11.6. The number of rotatable bonds is 8. The summed E-state index contributed by atoms with van der Waals surface area (Å²) >= 11 is 6.15. The van der Waals surface area contributed by atoms with E-state index in [1.165, 1.54) is 0 Å². The molecule has 0 unspecified atom stereocenters. The molecule has 0 amide bonds. The largest absolute Gasteiger partial charge is 0.460 e. The summed E-state index contributed by atoms with van der Waals surface area (Å²) in [5.74, 6) is 1.70. The molecule has 0 aliphatic heterocycles. The van der Waals surface area contributed by atoms with Gasteiger partial charge in [-0.3, -0.25) is 0 Å². The summed E-state index contributed by atoms with van der Waals surface area (Å²) in [6.07, 6.45) is 2.99. The zero-order chi connectivity index (χ0) is 14.2. The van der Waals surface area contributed by atoms with Crippen LogP contribution in [-0.4, -0.2) is 18.3 Å². The van der Waals surface area contributed by atoms with Crippen molar-refractivity contribution in [3.8, 4) is 11.3 Å². The third-order valence-corrected chi connectivity index (χ3v) is 3.44. The summed E-state index contributed by atoms with van der Waals surface area (Å²) in [4.78, 5) is 0. The summed E-state index contributed by atoms with van der Waals surface area (Å²) < 4.78 is 5.79. The highest BCUT2D eigenvalue weighted by atomic mass is 35.5. The molecule has 0 atom stereocenters. The smallest absolute Gasteiger partial charge is 0.135 e. The molecule has 1 heterocycles. The quantitative estimate of drug-likeness (QED) is 0.727. The SMILES string of the molecule is OCCCCCNCc1ccc(-c2ccccc2Cl)o1. The Kier molecular flexibility index (Phi) is 6.12. The molecule has 0 saturated heterocycles. The number of halogens is 1. The van der Waals surface area contributed by atoms with Crippen molar-refractivity contribution in [2.24, 2.45) is 0 Å². The van der Waals surface area contributed by atoms with Gasteiger partial charge in [0.15, 0.2) is 0 Å². The fourth-order valence-electron chi connectivity index (χ4n) is 2.03. The van der Waals surface area contributed by atoms with Crippen LogP contribution in [-0.2, 0) is 6.54 Å². The van der Waals surface area contributed by atoms with Crippen molar-refractivity contribution in [3.05, 3.63) is 47.2 Å². The molecule has 20 heavy (non-hydrogen) atoms. The number of nitrogens with one attached hydrogen (secondary N) is 1. The van der Waals surface area contributed by atoms with Crippen molar-refractivity contribution in [2.75, 3.05) is 13.2 Å². The van der Waals surface area contributed by atoms with E-state index in [9.17, 15) is 0 Å². The molecule has 2 rings (SSSR count). The summed E-state index contributed by atoms with van der Waals surface area (Å²) in [7, 11) is 0. The van der Waals surface area contributed by atoms with Crippen molar-refractivity contribution < 1.29 is 9.52 Å². The van der Waals surface area contributed by atoms with Gasteiger partial charge < -0.3 is 14.8 Å². The maximum absolute atomic E-state index is 8.69. The molecule has 0 fully saturated rings. The lowest BCUT2D eigenvalue weighted by atomic mass is 10.2. The summed E-state index contributed by atoms with van der Waals surface area (Å²) in [5.41, 5.74) is 0.920. The fourth-order valence-corrected chi connectivity index (χ4v) is 2.26. The van der Waals surface area contributed by atoms with E-state index in [0.717, 1.165) is 42.9 Å². The highest BCUT2D eigenvalue weighted by Crippen LogP contribution is 2.28. The molecule has 0 saturated carbocycles. The van der Waals surface area contributed by atoms with E-state index in [4.69, 9.17) is 21.1 Å². The maximum Gasteiger partial charge on any atom is 0.135 e. The van der Waals surface area contributed by atoms with Crippen LogP contribution < -0.4 is 5.32 Å². The van der Waals surface area contributed by atoms with Crippen molar-refractivity contribution in [1.82, 2.24) is 5.32 Å². The fraction of sp³-hybridized carbons (Fsp3) is 0.375. The minimum atomic E-state index is 0.277. The molecule has 0 bridgehead atoms. The zero-order valence-corrected chi connectivity index (χ0v) is 12.2.